The predicted octanol–water partition coefficient (Wildman–Crippen LogP) is 3.57. The molecule has 2 heterocycles. The summed E-state index contributed by atoms with van der Waals surface area (Å²) in [4.78, 5) is 27.3. The van der Waals surface area contributed by atoms with Crippen molar-refractivity contribution in [3.8, 4) is 0 Å². The second-order valence-corrected chi connectivity index (χ2v) is 10.2. The number of fused-ring (bicyclic) bond motifs is 1. The lowest BCUT2D eigenvalue weighted by atomic mass is 9.89. The SMILES string of the molecule is O=C(C[C@@H]1CC[C@H]2[C@@H](COC[C@H](O)CN2C(=O)Nc2cccc(Cl)c2)O1)NCC1CCCCC1. The quantitative estimate of drug-likeness (QED) is 0.582. The van der Waals surface area contributed by atoms with Crippen LogP contribution in [0.5, 0.6) is 0 Å². The third-order valence-corrected chi connectivity index (χ3v) is 7.28. The Morgan fingerprint density at radius 2 is 1.94 bits per heavy atom. The van der Waals surface area contributed by atoms with Crippen molar-refractivity contribution in [3.63, 3.8) is 0 Å². The molecule has 0 unspecified atom stereocenters. The Hall–Kier alpha value is -1.87. The van der Waals surface area contributed by atoms with E-state index in [0.717, 1.165) is 6.54 Å². The minimum atomic E-state index is -0.783. The van der Waals surface area contributed by atoms with Crippen LogP contribution in [0.2, 0.25) is 5.02 Å². The predicted molar refractivity (Wildman–Crippen MR) is 130 cm³/mol. The van der Waals surface area contributed by atoms with E-state index >= 15 is 0 Å². The molecule has 8 nitrogen and oxygen atoms in total. The van der Waals surface area contributed by atoms with Crippen LogP contribution in [0.1, 0.15) is 51.4 Å². The van der Waals surface area contributed by atoms with Crippen molar-refractivity contribution in [2.24, 2.45) is 5.92 Å². The molecule has 1 aromatic carbocycles. The molecule has 4 atom stereocenters. The van der Waals surface area contributed by atoms with Crippen molar-refractivity contribution < 1.29 is 24.2 Å². The lowest BCUT2D eigenvalue weighted by Crippen LogP contribution is -2.58. The summed E-state index contributed by atoms with van der Waals surface area (Å²) in [6, 6.07) is 6.39. The Morgan fingerprint density at radius 1 is 1.12 bits per heavy atom. The van der Waals surface area contributed by atoms with Crippen LogP contribution < -0.4 is 10.6 Å². The van der Waals surface area contributed by atoms with Crippen molar-refractivity contribution in [2.45, 2.75) is 75.7 Å². The van der Waals surface area contributed by atoms with E-state index in [-0.39, 0.29) is 49.9 Å². The number of hydrogen-bond acceptors (Lipinski definition) is 5. The van der Waals surface area contributed by atoms with Crippen molar-refractivity contribution in [3.05, 3.63) is 29.3 Å². The Bertz CT molecular complexity index is 835. The molecule has 3 aliphatic rings. The highest BCUT2D eigenvalue weighted by Gasteiger charge is 2.40. The zero-order valence-electron chi connectivity index (χ0n) is 19.6. The van der Waals surface area contributed by atoms with Crippen LogP contribution in [0.25, 0.3) is 0 Å². The van der Waals surface area contributed by atoms with Gasteiger partial charge in [0.15, 0.2) is 0 Å². The first-order valence-electron chi connectivity index (χ1n) is 12.5. The number of benzene rings is 1. The highest BCUT2D eigenvalue weighted by Crippen LogP contribution is 2.29. The second kappa shape index (κ2) is 12.2. The number of rotatable bonds is 5. The molecule has 9 heteroatoms. The van der Waals surface area contributed by atoms with Gasteiger partial charge in [0, 0.05) is 17.3 Å². The molecule has 0 spiro atoms. The van der Waals surface area contributed by atoms with Crippen LogP contribution in [-0.2, 0) is 14.3 Å². The van der Waals surface area contributed by atoms with E-state index in [1.165, 1.54) is 32.1 Å². The fourth-order valence-electron chi connectivity index (χ4n) is 5.26. The van der Waals surface area contributed by atoms with Gasteiger partial charge in [-0.25, -0.2) is 4.79 Å². The molecule has 4 rings (SSSR count). The Morgan fingerprint density at radius 3 is 2.74 bits per heavy atom. The van der Waals surface area contributed by atoms with E-state index in [4.69, 9.17) is 21.1 Å². The van der Waals surface area contributed by atoms with Crippen LogP contribution in [0, 0.1) is 5.92 Å². The number of β-amino-alcohol motifs (C(OH)–C–C–N with tert-alkyl or cyclic N) is 1. The van der Waals surface area contributed by atoms with Gasteiger partial charge in [0.25, 0.3) is 0 Å². The summed E-state index contributed by atoms with van der Waals surface area (Å²) in [7, 11) is 0. The number of aliphatic hydroxyl groups excluding tert-OH is 1. The molecule has 0 aromatic heterocycles. The Balaban J connectivity index is 1.33. The van der Waals surface area contributed by atoms with E-state index in [1.54, 1.807) is 29.2 Å². The smallest absolute Gasteiger partial charge is 0.322 e. The minimum Gasteiger partial charge on any atom is -0.389 e. The first kappa shape index (κ1) is 25.2. The number of anilines is 1. The van der Waals surface area contributed by atoms with Crippen LogP contribution >= 0.6 is 11.6 Å². The van der Waals surface area contributed by atoms with Gasteiger partial charge in [0.05, 0.1) is 44.4 Å². The van der Waals surface area contributed by atoms with E-state index in [9.17, 15) is 14.7 Å². The van der Waals surface area contributed by atoms with Gasteiger partial charge in [-0.1, -0.05) is 36.9 Å². The number of nitrogens with zero attached hydrogens (tertiary/aromatic N) is 1. The highest BCUT2D eigenvalue weighted by atomic mass is 35.5. The molecule has 3 fully saturated rings. The summed E-state index contributed by atoms with van der Waals surface area (Å²) in [5, 5.41) is 16.8. The van der Waals surface area contributed by atoms with Crippen molar-refractivity contribution >= 4 is 29.2 Å². The van der Waals surface area contributed by atoms with Gasteiger partial charge < -0.3 is 30.1 Å². The summed E-state index contributed by atoms with van der Waals surface area (Å²) >= 11 is 6.05. The van der Waals surface area contributed by atoms with Gasteiger partial charge in [-0.3, -0.25) is 4.79 Å². The van der Waals surface area contributed by atoms with E-state index in [1.807, 2.05) is 0 Å². The fraction of sp³-hybridized carbons (Fsp3) is 0.680. The fourth-order valence-corrected chi connectivity index (χ4v) is 5.45. The number of nitrogens with one attached hydrogen (secondary N) is 2. The number of halogens is 1. The lowest BCUT2D eigenvalue weighted by Gasteiger charge is -2.44. The average Bonchev–Trinajstić information content (AvgIpc) is 2.81. The van der Waals surface area contributed by atoms with Crippen molar-refractivity contribution in [1.82, 2.24) is 10.2 Å². The summed E-state index contributed by atoms with van der Waals surface area (Å²) in [6.45, 7) is 1.28. The molecule has 188 valence electrons. The van der Waals surface area contributed by atoms with Gasteiger partial charge in [-0.2, -0.15) is 0 Å². The van der Waals surface area contributed by atoms with Gasteiger partial charge in [0.2, 0.25) is 5.91 Å². The maximum Gasteiger partial charge on any atom is 0.322 e. The molecule has 0 bridgehead atoms. The maximum atomic E-state index is 13.1. The normalized spacial score (nSPS) is 28.4. The molecule has 1 saturated carbocycles. The highest BCUT2D eigenvalue weighted by molar-refractivity contribution is 6.30. The first-order valence-corrected chi connectivity index (χ1v) is 12.9. The molecular formula is C25H36ClN3O5. The number of aliphatic hydroxyl groups is 1. The van der Waals surface area contributed by atoms with Gasteiger partial charge in [0.1, 0.15) is 6.10 Å². The zero-order valence-corrected chi connectivity index (χ0v) is 20.3. The largest absolute Gasteiger partial charge is 0.389 e. The topological polar surface area (TPSA) is 100 Å². The first-order chi connectivity index (χ1) is 16.5. The maximum absolute atomic E-state index is 13.1. The number of urea groups is 1. The van der Waals surface area contributed by atoms with E-state index in [0.29, 0.717) is 35.9 Å². The van der Waals surface area contributed by atoms with Crippen molar-refractivity contribution in [2.75, 3.05) is 31.6 Å². The number of carbonyl (C=O) groups excluding carboxylic acids is 2. The Kier molecular flexibility index (Phi) is 9.05. The number of amides is 3. The van der Waals surface area contributed by atoms with Crippen LogP contribution in [0.4, 0.5) is 10.5 Å². The molecule has 3 N–H and O–H groups in total. The van der Waals surface area contributed by atoms with Gasteiger partial charge in [-0.05, 0) is 49.8 Å². The van der Waals surface area contributed by atoms with Gasteiger partial charge >= 0.3 is 6.03 Å². The van der Waals surface area contributed by atoms with Crippen LogP contribution in [-0.4, -0.2) is 72.6 Å². The summed E-state index contributed by atoms with van der Waals surface area (Å²) < 4.78 is 11.9. The molecule has 2 saturated heterocycles. The van der Waals surface area contributed by atoms with Gasteiger partial charge in [-0.15, -0.1) is 0 Å². The molecule has 3 amide bonds. The third kappa shape index (κ3) is 7.07. The molecule has 1 aliphatic carbocycles. The monoisotopic (exact) mass is 493 g/mol. The van der Waals surface area contributed by atoms with E-state index < -0.39 is 6.10 Å². The Labute approximate surface area is 206 Å². The zero-order chi connectivity index (χ0) is 23.9. The molecule has 2 aliphatic heterocycles. The van der Waals surface area contributed by atoms with Crippen LogP contribution in [0.3, 0.4) is 0 Å². The number of hydrogen-bond donors (Lipinski definition) is 3. The molecule has 0 radical (unpaired) electrons. The van der Waals surface area contributed by atoms with Crippen LogP contribution in [0.15, 0.2) is 24.3 Å². The molecular weight excluding hydrogens is 458 g/mol. The third-order valence-electron chi connectivity index (χ3n) is 7.04. The lowest BCUT2D eigenvalue weighted by molar-refractivity contribution is -0.149. The summed E-state index contributed by atoms with van der Waals surface area (Å²) in [5.74, 6) is 0.609. The summed E-state index contributed by atoms with van der Waals surface area (Å²) in [6.07, 6.45) is 6.50. The van der Waals surface area contributed by atoms with Crippen molar-refractivity contribution in [1.29, 1.82) is 0 Å². The standard InChI is InChI=1S/C25H36ClN3O5/c26-18-7-4-8-19(11-18)28-25(32)29-14-20(30)15-33-16-23-22(29)10-9-21(34-23)12-24(31)27-13-17-5-2-1-3-6-17/h4,7-8,11,17,20-23,30H,1-3,5-6,9-10,12-16H2,(H,27,31)(H,28,32)/t20-,21+,22+,23-/m1/s1. The minimum absolute atomic E-state index is 0.0202. The second-order valence-electron chi connectivity index (χ2n) is 9.74. The molecule has 34 heavy (non-hydrogen) atoms. The average molecular weight is 494 g/mol. The number of carbonyl (C=O) groups is 2. The summed E-state index contributed by atoms with van der Waals surface area (Å²) in [5.41, 5.74) is 0.589. The van der Waals surface area contributed by atoms with E-state index in [2.05, 4.69) is 10.6 Å². The number of ether oxygens (including phenoxy) is 2. The molecule has 1 aromatic rings.